The average molecular weight is 518 g/mol. The van der Waals surface area contributed by atoms with Crippen molar-refractivity contribution in [1.29, 1.82) is 0 Å². The molecule has 5 rings (SSSR count). The van der Waals surface area contributed by atoms with Gasteiger partial charge in [-0.25, -0.2) is 9.78 Å². The van der Waals surface area contributed by atoms with Crippen LogP contribution in [0.25, 0.3) is 16.2 Å². The van der Waals surface area contributed by atoms with Gasteiger partial charge in [-0.05, 0) is 48.7 Å². The summed E-state index contributed by atoms with van der Waals surface area (Å²) in [5.41, 5.74) is 1.91. The lowest BCUT2D eigenvalue weighted by Gasteiger charge is -2.11. The summed E-state index contributed by atoms with van der Waals surface area (Å²) in [7, 11) is 0. The van der Waals surface area contributed by atoms with Gasteiger partial charge in [0.1, 0.15) is 17.4 Å². The van der Waals surface area contributed by atoms with Crippen LogP contribution in [0.2, 0.25) is 5.02 Å². The summed E-state index contributed by atoms with van der Waals surface area (Å²) >= 11 is 7.92. The van der Waals surface area contributed by atoms with Crippen LogP contribution in [0, 0.1) is 6.92 Å². The third-order valence-corrected chi connectivity index (χ3v) is 6.28. The summed E-state index contributed by atoms with van der Waals surface area (Å²) < 4.78 is 6.92. The number of anilines is 4. The number of H-pyrrole nitrogens is 1. The molecule has 2 amide bonds. The van der Waals surface area contributed by atoms with Crippen LogP contribution in [-0.2, 0) is 0 Å². The summed E-state index contributed by atoms with van der Waals surface area (Å²) in [6, 6.07) is 18.1. The zero-order valence-electron chi connectivity index (χ0n) is 19.0. The van der Waals surface area contributed by atoms with E-state index in [2.05, 4.69) is 42.7 Å². The third-order valence-electron chi connectivity index (χ3n) is 4.96. The summed E-state index contributed by atoms with van der Waals surface area (Å²) in [6.45, 7) is 5.51. The molecule has 2 aromatic carbocycles. The molecule has 0 unspecified atom stereocenters. The minimum absolute atomic E-state index is 0.117. The Hall–Kier alpha value is -4.41. The Morgan fingerprint density at radius 3 is 2.75 bits per heavy atom. The average Bonchev–Trinajstić information content (AvgIpc) is 3.46. The first kappa shape index (κ1) is 23.3. The number of nitrogens with one attached hydrogen (secondary N) is 4. The fourth-order valence-corrected chi connectivity index (χ4v) is 4.55. The molecule has 0 aliphatic rings. The van der Waals surface area contributed by atoms with E-state index in [-0.39, 0.29) is 12.0 Å². The molecule has 3 heterocycles. The molecule has 180 valence electrons. The molecule has 36 heavy (non-hydrogen) atoms. The molecule has 0 aliphatic carbocycles. The largest absolute Gasteiger partial charge is 0.423 e. The first-order valence-corrected chi connectivity index (χ1v) is 12.0. The number of amides is 2. The van der Waals surface area contributed by atoms with E-state index in [0.717, 1.165) is 15.1 Å². The van der Waals surface area contributed by atoms with Crippen molar-refractivity contribution < 1.29 is 9.53 Å². The number of halogens is 1. The predicted molar refractivity (Wildman–Crippen MR) is 145 cm³/mol. The van der Waals surface area contributed by atoms with Gasteiger partial charge in [-0.3, -0.25) is 10.4 Å². The van der Waals surface area contributed by atoms with E-state index in [1.54, 1.807) is 36.4 Å². The SMILES string of the molecule is C=Cc1cc(Nc2cc(C)nc(Oc3ccc(NC(=O)Nc4cc5ccccc5s4)cc3Cl)n2)[nH]n1. The topological polar surface area (TPSA) is 117 Å². The first-order chi connectivity index (χ1) is 17.4. The number of aromatic amines is 1. The number of hydrogen-bond acceptors (Lipinski definition) is 7. The molecule has 0 spiro atoms. The molecular formula is C25H20ClN7O2S. The first-order valence-electron chi connectivity index (χ1n) is 10.8. The van der Waals surface area contributed by atoms with Gasteiger partial charge in [0.2, 0.25) is 0 Å². The maximum Gasteiger partial charge on any atom is 0.324 e. The van der Waals surface area contributed by atoms with Crippen LogP contribution in [0.3, 0.4) is 0 Å². The molecule has 3 aromatic heterocycles. The zero-order valence-corrected chi connectivity index (χ0v) is 20.6. The van der Waals surface area contributed by atoms with Gasteiger partial charge < -0.3 is 15.4 Å². The Kier molecular flexibility index (Phi) is 6.52. The summed E-state index contributed by atoms with van der Waals surface area (Å²) in [5.74, 6) is 1.51. The van der Waals surface area contributed by atoms with Crippen LogP contribution < -0.4 is 20.7 Å². The Balaban J connectivity index is 1.25. The number of aromatic nitrogens is 4. The van der Waals surface area contributed by atoms with Crippen molar-refractivity contribution in [3.8, 4) is 11.8 Å². The van der Waals surface area contributed by atoms with Crippen molar-refractivity contribution in [2.75, 3.05) is 16.0 Å². The van der Waals surface area contributed by atoms with Crippen LogP contribution in [0.1, 0.15) is 11.4 Å². The fourth-order valence-electron chi connectivity index (χ4n) is 3.37. The van der Waals surface area contributed by atoms with E-state index >= 15 is 0 Å². The highest BCUT2D eigenvalue weighted by atomic mass is 35.5. The highest BCUT2D eigenvalue weighted by Crippen LogP contribution is 2.32. The lowest BCUT2D eigenvalue weighted by molar-refractivity contribution is 0.262. The molecule has 0 radical (unpaired) electrons. The molecule has 5 aromatic rings. The van der Waals surface area contributed by atoms with Crippen molar-refractivity contribution in [3.05, 3.63) is 83.7 Å². The number of benzene rings is 2. The second-order valence-corrected chi connectivity index (χ2v) is 9.18. The van der Waals surface area contributed by atoms with E-state index in [9.17, 15) is 4.79 Å². The van der Waals surface area contributed by atoms with Gasteiger partial charge in [-0.1, -0.05) is 36.4 Å². The van der Waals surface area contributed by atoms with E-state index in [0.29, 0.717) is 39.5 Å². The number of rotatable bonds is 7. The number of urea groups is 1. The monoisotopic (exact) mass is 517 g/mol. The molecule has 4 N–H and O–H groups in total. The van der Waals surface area contributed by atoms with Gasteiger partial charge in [0.15, 0.2) is 0 Å². The normalized spacial score (nSPS) is 10.7. The molecule has 0 bridgehead atoms. The van der Waals surface area contributed by atoms with Crippen LogP contribution in [0.4, 0.5) is 27.1 Å². The highest BCUT2D eigenvalue weighted by molar-refractivity contribution is 7.22. The van der Waals surface area contributed by atoms with Crippen LogP contribution in [0.5, 0.6) is 11.8 Å². The van der Waals surface area contributed by atoms with Crippen molar-refractivity contribution in [3.63, 3.8) is 0 Å². The highest BCUT2D eigenvalue weighted by Gasteiger charge is 2.12. The quantitative estimate of drug-likeness (QED) is 0.181. The number of nitrogens with zero attached hydrogens (tertiary/aromatic N) is 3. The number of hydrogen-bond donors (Lipinski definition) is 4. The molecule has 0 aliphatic heterocycles. The number of thiophene rings is 1. The van der Waals surface area contributed by atoms with Gasteiger partial charge in [-0.2, -0.15) is 10.1 Å². The van der Waals surface area contributed by atoms with Crippen molar-refractivity contribution in [2.24, 2.45) is 0 Å². The van der Waals surface area contributed by atoms with Gasteiger partial charge in [0.05, 0.1) is 15.7 Å². The maximum absolute atomic E-state index is 12.5. The fraction of sp³-hybridized carbons (Fsp3) is 0.0400. The van der Waals surface area contributed by atoms with E-state index in [4.69, 9.17) is 16.3 Å². The molecule has 0 fully saturated rings. The van der Waals surface area contributed by atoms with Crippen LogP contribution in [-0.4, -0.2) is 26.2 Å². The summed E-state index contributed by atoms with van der Waals surface area (Å²) in [5, 5.41) is 17.8. The van der Waals surface area contributed by atoms with Gasteiger partial charge >= 0.3 is 12.0 Å². The second-order valence-electron chi connectivity index (χ2n) is 7.69. The van der Waals surface area contributed by atoms with E-state index in [1.165, 1.54) is 11.3 Å². The van der Waals surface area contributed by atoms with E-state index in [1.807, 2.05) is 37.3 Å². The standard InChI is InChI=1S/C25H20ClN7O2S/c1-3-16-13-22(33-32-16)29-21-10-14(2)27-25(30-21)35-19-9-8-17(12-18(19)26)28-24(34)31-23-11-15-6-4-5-7-20(15)36-23/h3-13H,1H2,2H3,(H2,28,31,34)(H2,27,29,30,32,33). The lowest BCUT2D eigenvalue weighted by Crippen LogP contribution is -2.18. The number of carbonyl (C=O) groups is 1. The van der Waals surface area contributed by atoms with Crippen LogP contribution in [0.15, 0.2) is 67.2 Å². The zero-order chi connectivity index (χ0) is 25.1. The molecule has 0 atom stereocenters. The van der Waals surface area contributed by atoms with Crippen LogP contribution >= 0.6 is 22.9 Å². The number of aryl methyl sites for hydroxylation is 1. The number of fused-ring (bicyclic) bond motifs is 1. The molecular weight excluding hydrogens is 498 g/mol. The molecule has 0 saturated carbocycles. The maximum atomic E-state index is 12.5. The summed E-state index contributed by atoms with van der Waals surface area (Å²) in [6.07, 6.45) is 1.63. The minimum Gasteiger partial charge on any atom is -0.423 e. The lowest BCUT2D eigenvalue weighted by atomic mass is 10.3. The van der Waals surface area contributed by atoms with Crippen molar-refractivity contribution in [1.82, 2.24) is 20.2 Å². The van der Waals surface area contributed by atoms with Gasteiger partial charge in [-0.15, -0.1) is 11.3 Å². The Morgan fingerprint density at radius 1 is 1.11 bits per heavy atom. The molecule has 9 nitrogen and oxygen atoms in total. The Labute approximate surface area is 215 Å². The van der Waals surface area contributed by atoms with Gasteiger partial charge in [0.25, 0.3) is 0 Å². The number of carbonyl (C=O) groups excluding carboxylic acids is 1. The Morgan fingerprint density at radius 2 is 1.97 bits per heavy atom. The van der Waals surface area contributed by atoms with E-state index < -0.39 is 0 Å². The number of ether oxygens (including phenoxy) is 1. The molecule has 0 saturated heterocycles. The predicted octanol–water partition coefficient (Wildman–Crippen LogP) is 7.20. The summed E-state index contributed by atoms with van der Waals surface area (Å²) in [4.78, 5) is 21.2. The molecule has 11 heteroatoms. The van der Waals surface area contributed by atoms with Crippen molar-refractivity contribution >= 4 is 67.5 Å². The minimum atomic E-state index is -0.373. The smallest absolute Gasteiger partial charge is 0.324 e. The Bertz CT molecular complexity index is 1550. The van der Waals surface area contributed by atoms with Crippen molar-refractivity contribution in [2.45, 2.75) is 6.92 Å². The van der Waals surface area contributed by atoms with Gasteiger partial charge in [0, 0.05) is 28.2 Å². The second kappa shape index (κ2) is 10.1. The third kappa shape index (κ3) is 5.45.